The van der Waals surface area contributed by atoms with E-state index < -0.39 is 0 Å². The number of benzene rings is 1. The highest BCUT2D eigenvalue weighted by Gasteiger charge is 2.04. The molecule has 1 rings (SSSR count). The van der Waals surface area contributed by atoms with E-state index >= 15 is 0 Å². The summed E-state index contributed by atoms with van der Waals surface area (Å²) in [6.45, 7) is 3.63. The van der Waals surface area contributed by atoms with Gasteiger partial charge in [-0.2, -0.15) is 0 Å². The summed E-state index contributed by atoms with van der Waals surface area (Å²) < 4.78 is 5.50. The molecule has 1 aromatic carbocycles. The van der Waals surface area contributed by atoms with Gasteiger partial charge in [-0.1, -0.05) is 38.3 Å². The number of carbonyl (C=O) groups is 1. The van der Waals surface area contributed by atoms with Gasteiger partial charge in [-0.05, 0) is 25.0 Å². The van der Waals surface area contributed by atoms with Crippen LogP contribution in [0.25, 0.3) is 0 Å². The van der Waals surface area contributed by atoms with Gasteiger partial charge >= 0.3 is 0 Å². The first-order chi connectivity index (χ1) is 9.74. The largest absolute Gasteiger partial charge is 0.397 e. The third kappa shape index (κ3) is 7.14. The van der Waals surface area contributed by atoms with Crippen molar-refractivity contribution in [3.8, 4) is 0 Å². The Labute approximate surface area is 121 Å². The van der Waals surface area contributed by atoms with Crippen LogP contribution in [0.5, 0.6) is 0 Å². The average molecular weight is 278 g/mol. The molecule has 0 bridgehead atoms. The maximum atomic E-state index is 11.7. The maximum Gasteiger partial charge on any atom is 0.224 e. The SMILES string of the molecule is CCCCCCOCCCC(=O)Nc1ccccc1N. The summed E-state index contributed by atoms with van der Waals surface area (Å²) in [5.41, 5.74) is 7.03. The fourth-order valence-corrected chi connectivity index (χ4v) is 1.89. The summed E-state index contributed by atoms with van der Waals surface area (Å²) in [4.78, 5) is 11.7. The van der Waals surface area contributed by atoms with Crippen molar-refractivity contribution in [3.05, 3.63) is 24.3 Å². The number of carbonyl (C=O) groups excluding carboxylic acids is 1. The fourth-order valence-electron chi connectivity index (χ4n) is 1.89. The van der Waals surface area contributed by atoms with Crippen molar-refractivity contribution < 1.29 is 9.53 Å². The van der Waals surface area contributed by atoms with Crippen LogP contribution in [0.15, 0.2) is 24.3 Å². The number of hydrogen-bond donors (Lipinski definition) is 2. The molecule has 0 aliphatic heterocycles. The van der Waals surface area contributed by atoms with Gasteiger partial charge in [0.15, 0.2) is 0 Å². The number of anilines is 2. The number of amides is 1. The smallest absolute Gasteiger partial charge is 0.224 e. The lowest BCUT2D eigenvalue weighted by atomic mass is 10.2. The molecule has 20 heavy (non-hydrogen) atoms. The zero-order chi connectivity index (χ0) is 14.6. The highest BCUT2D eigenvalue weighted by atomic mass is 16.5. The second-order valence-electron chi connectivity index (χ2n) is 4.91. The van der Waals surface area contributed by atoms with Gasteiger partial charge in [0.1, 0.15) is 0 Å². The number of nitrogens with two attached hydrogens (primary N) is 1. The molecule has 0 heterocycles. The number of para-hydroxylation sites is 2. The predicted molar refractivity (Wildman–Crippen MR) is 83.7 cm³/mol. The van der Waals surface area contributed by atoms with Gasteiger partial charge in [-0.3, -0.25) is 4.79 Å². The summed E-state index contributed by atoms with van der Waals surface area (Å²) in [5, 5.41) is 2.81. The first kappa shape index (κ1) is 16.5. The van der Waals surface area contributed by atoms with Gasteiger partial charge in [0.05, 0.1) is 11.4 Å². The van der Waals surface area contributed by atoms with Crippen molar-refractivity contribution in [2.45, 2.75) is 45.4 Å². The maximum absolute atomic E-state index is 11.7. The minimum atomic E-state index is -0.0162. The minimum absolute atomic E-state index is 0.0162. The zero-order valence-corrected chi connectivity index (χ0v) is 12.4. The van der Waals surface area contributed by atoms with E-state index in [0.29, 0.717) is 24.4 Å². The van der Waals surface area contributed by atoms with Crippen LogP contribution in [0.1, 0.15) is 45.4 Å². The molecule has 0 atom stereocenters. The van der Waals surface area contributed by atoms with Crippen molar-refractivity contribution in [2.75, 3.05) is 24.3 Å². The molecule has 0 radical (unpaired) electrons. The minimum Gasteiger partial charge on any atom is -0.397 e. The Morgan fingerprint density at radius 1 is 1.15 bits per heavy atom. The molecule has 3 N–H and O–H groups in total. The van der Waals surface area contributed by atoms with Crippen molar-refractivity contribution in [1.29, 1.82) is 0 Å². The second kappa shape index (κ2) is 10.3. The molecular formula is C16H26N2O2. The quantitative estimate of drug-likeness (QED) is 0.508. The number of rotatable bonds is 10. The van der Waals surface area contributed by atoms with E-state index in [4.69, 9.17) is 10.5 Å². The van der Waals surface area contributed by atoms with Gasteiger partial charge in [-0.25, -0.2) is 0 Å². The van der Waals surface area contributed by atoms with Gasteiger partial charge in [0.25, 0.3) is 0 Å². The monoisotopic (exact) mass is 278 g/mol. The second-order valence-corrected chi connectivity index (χ2v) is 4.91. The van der Waals surface area contributed by atoms with Gasteiger partial charge in [0, 0.05) is 19.6 Å². The molecule has 0 aliphatic rings. The normalized spacial score (nSPS) is 10.4. The number of ether oxygens (including phenoxy) is 1. The topological polar surface area (TPSA) is 64.3 Å². The Kier molecular flexibility index (Phi) is 8.47. The predicted octanol–water partition coefficient (Wildman–Crippen LogP) is 3.58. The molecule has 0 aliphatic carbocycles. The highest BCUT2D eigenvalue weighted by molar-refractivity contribution is 5.93. The molecule has 4 heteroatoms. The third-order valence-electron chi connectivity index (χ3n) is 3.07. The lowest BCUT2D eigenvalue weighted by Crippen LogP contribution is -2.13. The summed E-state index contributed by atoms with van der Waals surface area (Å²) in [6, 6.07) is 7.27. The molecule has 0 spiro atoms. The van der Waals surface area contributed by atoms with Crippen LogP contribution >= 0.6 is 0 Å². The van der Waals surface area contributed by atoms with E-state index in [1.807, 2.05) is 12.1 Å². The number of nitrogen functional groups attached to an aromatic ring is 1. The Bertz CT molecular complexity index is 394. The molecule has 0 fully saturated rings. The summed E-state index contributed by atoms with van der Waals surface area (Å²) in [6.07, 6.45) is 6.05. The van der Waals surface area contributed by atoms with E-state index in [-0.39, 0.29) is 5.91 Å². The Morgan fingerprint density at radius 2 is 1.90 bits per heavy atom. The van der Waals surface area contributed by atoms with Gasteiger partial charge < -0.3 is 15.8 Å². The molecule has 0 aromatic heterocycles. The van der Waals surface area contributed by atoms with Crippen molar-refractivity contribution in [3.63, 3.8) is 0 Å². The Hall–Kier alpha value is -1.55. The zero-order valence-electron chi connectivity index (χ0n) is 12.4. The molecular weight excluding hydrogens is 252 g/mol. The van der Waals surface area contributed by atoms with Crippen LogP contribution in [0.2, 0.25) is 0 Å². The highest BCUT2D eigenvalue weighted by Crippen LogP contribution is 2.16. The molecule has 0 saturated heterocycles. The number of unbranched alkanes of at least 4 members (excludes halogenated alkanes) is 3. The van der Waals surface area contributed by atoms with Crippen LogP contribution < -0.4 is 11.1 Å². The fraction of sp³-hybridized carbons (Fsp3) is 0.562. The van der Waals surface area contributed by atoms with Crippen molar-refractivity contribution in [1.82, 2.24) is 0 Å². The van der Waals surface area contributed by atoms with E-state index in [1.165, 1.54) is 19.3 Å². The van der Waals surface area contributed by atoms with Crippen LogP contribution in [-0.2, 0) is 9.53 Å². The first-order valence-corrected chi connectivity index (χ1v) is 7.46. The third-order valence-corrected chi connectivity index (χ3v) is 3.07. The number of hydrogen-bond acceptors (Lipinski definition) is 3. The van der Waals surface area contributed by atoms with Gasteiger partial charge in [-0.15, -0.1) is 0 Å². The van der Waals surface area contributed by atoms with Crippen molar-refractivity contribution >= 4 is 17.3 Å². The first-order valence-electron chi connectivity index (χ1n) is 7.46. The number of nitrogens with one attached hydrogen (secondary N) is 1. The Balaban J connectivity index is 2.05. The van der Waals surface area contributed by atoms with Crippen LogP contribution in [0, 0.1) is 0 Å². The van der Waals surface area contributed by atoms with E-state index in [9.17, 15) is 4.79 Å². The molecule has 0 unspecified atom stereocenters. The molecule has 1 amide bonds. The standard InChI is InChI=1S/C16H26N2O2/c1-2-3-4-7-12-20-13-8-11-16(19)18-15-10-6-5-9-14(15)17/h5-6,9-10H,2-4,7-8,11-13,17H2,1H3,(H,18,19). The molecule has 112 valence electrons. The van der Waals surface area contributed by atoms with E-state index in [0.717, 1.165) is 19.4 Å². The summed E-state index contributed by atoms with van der Waals surface area (Å²) in [7, 11) is 0. The summed E-state index contributed by atoms with van der Waals surface area (Å²) >= 11 is 0. The average Bonchev–Trinajstić information content (AvgIpc) is 2.44. The lowest BCUT2D eigenvalue weighted by molar-refractivity contribution is -0.116. The van der Waals surface area contributed by atoms with Crippen LogP contribution in [0.3, 0.4) is 0 Å². The molecule has 0 saturated carbocycles. The molecule has 1 aromatic rings. The molecule has 4 nitrogen and oxygen atoms in total. The Morgan fingerprint density at radius 3 is 2.65 bits per heavy atom. The van der Waals surface area contributed by atoms with E-state index in [2.05, 4.69) is 12.2 Å². The summed E-state index contributed by atoms with van der Waals surface area (Å²) in [5.74, 6) is -0.0162. The van der Waals surface area contributed by atoms with Gasteiger partial charge in [0.2, 0.25) is 5.91 Å². The van der Waals surface area contributed by atoms with Crippen molar-refractivity contribution in [2.24, 2.45) is 0 Å². The van der Waals surface area contributed by atoms with Crippen LogP contribution in [-0.4, -0.2) is 19.1 Å². The van der Waals surface area contributed by atoms with E-state index in [1.54, 1.807) is 12.1 Å². The van der Waals surface area contributed by atoms with Crippen LogP contribution in [0.4, 0.5) is 11.4 Å². The lowest BCUT2D eigenvalue weighted by Gasteiger charge is -2.08.